The lowest BCUT2D eigenvalue weighted by Gasteiger charge is -2.30. The molecule has 0 bridgehead atoms. The highest BCUT2D eigenvalue weighted by atomic mass is 16.3. The molecule has 11 rings (SSSR count). The minimum Gasteiger partial charge on any atom is -0.456 e. The zero-order valence-corrected chi connectivity index (χ0v) is 28.9. The van der Waals surface area contributed by atoms with Gasteiger partial charge in [0.2, 0.25) is 0 Å². The topological polar surface area (TPSA) is 29.5 Å². The van der Waals surface area contributed by atoms with Crippen LogP contribution >= 0.6 is 0 Å². The highest BCUT2D eigenvalue weighted by molar-refractivity contribution is 6.19. The van der Waals surface area contributed by atoms with Crippen molar-refractivity contribution in [2.75, 3.05) is 4.90 Å². The monoisotopic (exact) mass is 679 g/mol. The van der Waals surface area contributed by atoms with Gasteiger partial charge in [-0.3, -0.25) is 0 Å². The van der Waals surface area contributed by atoms with E-state index in [1.165, 1.54) is 54.9 Å². The van der Waals surface area contributed by atoms with Crippen molar-refractivity contribution < 1.29 is 8.83 Å². The summed E-state index contributed by atoms with van der Waals surface area (Å²) in [5.74, 6) is 0. The van der Waals surface area contributed by atoms with E-state index in [-0.39, 0.29) is 0 Å². The maximum atomic E-state index is 6.38. The second kappa shape index (κ2) is 11.9. The van der Waals surface area contributed by atoms with Crippen molar-refractivity contribution in [2.24, 2.45) is 0 Å². The molecule has 53 heavy (non-hydrogen) atoms. The predicted molar refractivity (Wildman–Crippen MR) is 222 cm³/mol. The summed E-state index contributed by atoms with van der Waals surface area (Å²) in [5, 5.41) is 9.59. The Morgan fingerprint density at radius 2 is 1.08 bits per heavy atom. The summed E-state index contributed by atoms with van der Waals surface area (Å²) in [6.45, 7) is 0. The lowest BCUT2D eigenvalue weighted by molar-refractivity contribution is 0.668. The van der Waals surface area contributed by atoms with Gasteiger partial charge in [-0.2, -0.15) is 0 Å². The third-order valence-electron chi connectivity index (χ3n) is 11.0. The molecule has 2 heterocycles. The van der Waals surface area contributed by atoms with E-state index in [1.54, 1.807) is 0 Å². The molecule has 0 spiro atoms. The minimum atomic E-state index is 0.893. The average molecular weight is 680 g/mol. The van der Waals surface area contributed by atoms with Crippen LogP contribution in [0.25, 0.3) is 82.1 Å². The molecule has 2 aromatic heterocycles. The fourth-order valence-electron chi connectivity index (χ4n) is 8.41. The first kappa shape index (κ1) is 29.8. The molecule has 0 radical (unpaired) electrons. The summed E-state index contributed by atoms with van der Waals surface area (Å²) in [7, 11) is 0. The molecule has 0 saturated heterocycles. The van der Waals surface area contributed by atoms with Gasteiger partial charge in [-0.1, -0.05) is 115 Å². The highest BCUT2D eigenvalue weighted by Crippen LogP contribution is 2.41. The van der Waals surface area contributed by atoms with Crippen molar-refractivity contribution in [3.8, 4) is 11.1 Å². The number of rotatable bonds is 5. The molecular formula is C50H33NO2. The van der Waals surface area contributed by atoms with Gasteiger partial charge in [0.1, 0.15) is 22.3 Å². The fraction of sp³-hybridized carbons (Fsp3) is 0.0400. The molecule has 1 aliphatic rings. The molecule has 0 unspecified atom stereocenters. The molecule has 3 heteroatoms. The predicted octanol–water partition coefficient (Wildman–Crippen LogP) is 14.4. The lowest BCUT2D eigenvalue weighted by Crippen LogP contribution is -2.17. The van der Waals surface area contributed by atoms with E-state index < -0.39 is 0 Å². The van der Waals surface area contributed by atoms with Gasteiger partial charge in [0.15, 0.2) is 0 Å². The van der Waals surface area contributed by atoms with Gasteiger partial charge in [-0.05, 0) is 111 Å². The number of para-hydroxylation sites is 2. The van der Waals surface area contributed by atoms with Crippen molar-refractivity contribution in [3.05, 3.63) is 187 Å². The largest absolute Gasteiger partial charge is 0.456 e. The Kier molecular flexibility index (Phi) is 6.68. The Hall–Kier alpha value is -6.84. The number of anilines is 2. The van der Waals surface area contributed by atoms with E-state index in [1.807, 2.05) is 24.3 Å². The van der Waals surface area contributed by atoms with Crippen LogP contribution in [0.15, 0.2) is 190 Å². The Morgan fingerprint density at radius 3 is 1.92 bits per heavy atom. The number of benzene rings is 8. The number of nitrogens with zero attached hydrogens (tertiary/aromatic N) is 1. The fourth-order valence-corrected chi connectivity index (χ4v) is 8.41. The van der Waals surface area contributed by atoms with Crippen LogP contribution in [0, 0.1) is 0 Å². The molecule has 1 aliphatic carbocycles. The third-order valence-corrected chi connectivity index (χ3v) is 11.0. The number of hydrogen-bond acceptors (Lipinski definition) is 3. The summed E-state index contributed by atoms with van der Waals surface area (Å²) < 4.78 is 12.5. The highest BCUT2D eigenvalue weighted by Gasteiger charge is 2.21. The van der Waals surface area contributed by atoms with Crippen LogP contribution in [0.2, 0.25) is 0 Å². The van der Waals surface area contributed by atoms with E-state index in [9.17, 15) is 0 Å². The molecular weight excluding hydrogens is 647 g/mol. The number of allylic oxidation sites excluding steroid dienone is 4. The summed E-state index contributed by atoms with van der Waals surface area (Å²) in [5.41, 5.74) is 12.2. The van der Waals surface area contributed by atoms with E-state index in [4.69, 9.17) is 8.83 Å². The van der Waals surface area contributed by atoms with Gasteiger partial charge >= 0.3 is 0 Å². The molecule has 3 nitrogen and oxygen atoms in total. The van der Waals surface area contributed by atoms with Crippen molar-refractivity contribution in [3.63, 3.8) is 0 Å². The van der Waals surface area contributed by atoms with Crippen molar-refractivity contribution in [1.29, 1.82) is 0 Å². The Labute approximate surface area is 306 Å². The van der Waals surface area contributed by atoms with E-state index in [0.717, 1.165) is 62.7 Å². The van der Waals surface area contributed by atoms with Crippen LogP contribution in [0.3, 0.4) is 0 Å². The maximum Gasteiger partial charge on any atom is 0.137 e. The molecule has 0 N–H and O–H groups in total. The van der Waals surface area contributed by atoms with E-state index in [0.29, 0.717) is 0 Å². The Bertz CT molecular complexity index is 3110. The van der Waals surface area contributed by atoms with Crippen LogP contribution in [-0.2, 0) is 0 Å². The van der Waals surface area contributed by atoms with Gasteiger partial charge in [-0.15, -0.1) is 0 Å². The van der Waals surface area contributed by atoms with Gasteiger partial charge < -0.3 is 13.7 Å². The second-order valence-corrected chi connectivity index (χ2v) is 14.0. The molecule has 0 atom stereocenters. The smallest absolute Gasteiger partial charge is 0.137 e. The SMILES string of the molecule is C1=C(c2ccc3c(ccc4oc5ccccc5c43)c2)CCC(N(c2ccc(-c3cccc4ccccc34)cc2)c2ccc3c(c2)oc2ccccc23)=C1. The number of fused-ring (bicyclic) bond motifs is 9. The standard InChI is InChI=1S/C50H33NO2/c1-2-10-40-33(8-1)9-7-13-41(40)34-18-24-38(25-19-34)51(39-26-28-44-43-11-3-5-14-46(43)53-49(44)31-39)37-22-16-32(17-23-37)35-20-27-42-36(30-35)21-29-48-50(42)45-12-4-6-15-47(45)52-48/h1-16,18-22,24-31H,17,23H2. The maximum absolute atomic E-state index is 6.38. The van der Waals surface area contributed by atoms with Crippen molar-refractivity contribution in [2.45, 2.75) is 12.8 Å². The molecule has 8 aromatic carbocycles. The second-order valence-electron chi connectivity index (χ2n) is 14.0. The zero-order valence-electron chi connectivity index (χ0n) is 28.9. The molecule has 0 saturated carbocycles. The normalized spacial score (nSPS) is 13.4. The van der Waals surface area contributed by atoms with Crippen LogP contribution in [0.1, 0.15) is 18.4 Å². The molecule has 0 fully saturated rings. The quantitative estimate of drug-likeness (QED) is 0.181. The van der Waals surface area contributed by atoms with E-state index in [2.05, 4.69) is 157 Å². The van der Waals surface area contributed by atoms with Crippen LogP contribution in [-0.4, -0.2) is 0 Å². The van der Waals surface area contributed by atoms with Crippen LogP contribution in [0.5, 0.6) is 0 Å². The summed E-state index contributed by atoms with van der Waals surface area (Å²) >= 11 is 0. The van der Waals surface area contributed by atoms with Crippen LogP contribution in [0.4, 0.5) is 11.4 Å². The molecule has 250 valence electrons. The van der Waals surface area contributed by atoms with Crippen LogP contribution < -0.4 is 4.90 Å². The number of hydrogen-bond donors (Lipinski definition) is 0. The van der Waals surface area contributed by atoms with Gasteiger partial charge in [0, 0.05) is 44.7 Å². The van der Waals surface area contributed by atoms with Gasteiger partial charge in [-0.25, -0.2) is 0 Å². The Morgan fingerprint density at radius 1 is 0.396 bits per heavy atom. The van der Waals surface area contributed by atoms with Gasteiger partial charge in [0.05, 0.1) is 0 Å². The zero-order chi connectivity index (χ0) is 34.9. The first-order chi connectivity index (χ1) is 26.2. The molecule has 10 aromatic rings. The van der Waals surface area contributed by atoms with Crippen molar-refractivity contribution >= 4 is 82.4 Å². The summed E-state index contributed by atoms with van der Waals surface area (Å²) in [6, 6.07) is 58.5. The summed E-state index contributed by atoms with van der Waals surface area (Å²) in [4.78, 5) is 2.40. The first-order valence-corrected chi connectivity index (χ1v) is 18.3. The summed E-state index contributed by atoms with van der Waals surface area (Å²) in [6.07, 6.45) is 6.45. The molecule has 0 amide bonds. The third kappa shape index (κ3) is 4.89. The van der Waals surface area contributed by atoms with Crippen molar-refractivity contribution in [1.82, 2.24) is 0 Å². The number of furan rings is 2. The van der Waals surface area contributed by atoms with Gasteiger partial charge in [0.25, 0.3) is 0 Å². The Balaban J connectivity index is 0.998. The average Bonchev–Trinajstić information content (AvgIpc) is 3.79. The molecule has 0 aliphatic heterocycles. The minimum absolute atomic E-state index is 0.893. The lowest BCUT2D eigenvalue weighted by atomic mass is 9.92. The van der Waals surface area contributed by atoms with E-state index >= 15 is 0 Å². The first-order valence-electron chi connectivity index (χ1n) is 18.3.